The molecule has 0 spiro atoms. The average molecular weight is 692 g/mol. The fourth-order valence-corrected chi connectivity index (χ4v) is 8.16. The minimum atomic E-state index is -4.27. The van der Waals surface area contributed by atoms with Crippen LogP contribution < -0.4 is 10.5 Å². The maximum atomic E-state index is 14.3. The predicted molar refractivity (Wildman–Crippen MR) is 186 cm³/mol. The molecule has 13 heteroatoms. The molecule has 2 aliphatic rings. The van der Waals surface area contributed by atoms with Gasteiger partial charge in [-0.3, -0.25) is 14.1 Å². The first-order valence-corrected chi connectivity index (χ1v) is 18.6. The molecule has 0 fully saturated rings. The summed E-state index contributed by atoms with van der Waals surface area (Å²) in [6.07, 6.45) is 7.44. The molecule has 2 aromatic carbocycles. The number of nitrogens with zero attached hydrogens (tertiary/aromatic N) is 3. The van der Waals surface area contributed by atoms with Crippen LogP contribution in [0.4, 0.5) is 5.69 Å². The van der Waals surface area contributed by atoms with E-state index < -0.39 is 33.4 Å². The van der Waals surface area contributed by atoms with Gasteiger partial charge in [-0.1, -0.05) is 24.3 Å². The van der Waals surface area contributed by atoms with E-state index in [9.17, 15) is 32.5 Å². The standard InChI is InChI=1S/C35H37N3O8S2/c1-2-37-16-7-10-22-20-25-28(21-27(22)37)46-35(42)32(33-36-26-13-5-6-14-29(26)47-33)31(25)23-11-3-4-12-24(23)34(41)38(17-8-15-30(39)40)18-9-19-48(43,44)45/h3-4,6,11-12,14,20-21H,2,5,7-10,13,15-19H2,1H3,(H,39,40)(H,43,44,45). The summed E-state index contributed by atoms with van der Waals surface area (Å²) in [6, 6.07) is 10.9. The molecule has 0 bridgehead atoms. The number of hydrogen-bond donors (Lipinski definition) is 2. The topological polar surface area (TPSA) is 158 Å². The number of hydrogen-bond acceptors (Lipinski definition) is 9. The van der Waals surface area contributed by atoms with Gasteiger partial charge < -0.3 is 19.3 Å². The van der Waals surface area contributed by atoms with Crippen molar-refractivity contribution in [2.45, 2.75) is 51.9 Å². The Kier molecular flexibility index (Phi) is 9.81. The van der Waals surface area contributed by atoms with Crippen molar-refractivity contribution >= 4 is 56.1 Å². The first-order valence-electron chi connectivity index (χ1n) is 16.1. The number of carboxylic acids is 1. The number of allylic oxidation sites excluding steroid dienone is 1. The van der Waals surface area contributed by atoms with Crippen molar-refractivity contribution in [2.75, 3.05) is 36.8 Å². The summed E-state index contributed by atoms with van der Waals surface area (Å²) < 4.78 is 38.3. The molecule has 48 heavy (non-hydrogen) atoms. The number of carboxylic acid groups (broad SMARTS) is 1. The van der Waals surface area contributed by atoms with E-state index in [1.807, 2.05) is 12.1 Å². The van der Waals surface area contributed by atoms with E-state index in [-0.39, 0.29) is 43.5 Å². The fourth-order valence-electron chi connectivity index (χ4n) is 6.58. The van der Waals surface area contributed by atoms with Crippen LogP contribution in [-0.2, 0) is 27.8 Å². The van der Waals surface area contributed by atoms with Gasteiger partial charge in [0.05, 0.1) is 16.3 Å². The first-order chi connectivity index (χ1) is 23.0. The molecule has 0 unspecified atom stereocenters. The number of rotatable bonds is 12. The first kappa shape index (κ1) is 33.6. The van der Waals surface area contributed by atoms with Crippen molar-refractivity contribution in [1.29, 1.82) is 0 Å². The van der Waals surface area contributed by atoms with Crippen LogP contribution in [0.1, 0.15) is 65.5 Å². The number of benzene rings is 2. The van der Waals surface area contributed by atoms with E-state index in [1.54, 1.807) is 24.3 Å². The number of fused-ring (bicyclic) bond motifs is 3. The largest absolute Gasteiger partial charge is 0.481 e. The van der Waals surface area contributed by atoms with Crippen LogP contribution in [0.2, 0.25) is 0 Å². The van der Waals surface area contributed by atoms with Gasteiger partial charge in [0, 0.05) is 60.9 Å². The second-order valence-electron chi connectivity index (χ2n) is 12.0. The Hall–Kier alpha value is -4.33. The molecule has 0 saturated heterocycles. The van der Waals surface area contributed by atoms with Gasteiger partial charge in [0.1, 0.15) is 16.2 Å². The van der Waals surface area contributed by atoms with Gasteiger partial charge in [0.15, 0.2) is 0 Å². The summed E-state index contributed by atoms with van der Waals surface area (Å²) in [7, 11) is -4.27. The quantitative estimate of drug-likeness (QED) is 0.135. The lowest BCUT2D eigenvalue weighted by Crippen LogP contribution is -2.34. The summed E-state index contributed by atoms with van der Waals surface area (Å²) in [5.41, 5.74) is 4.40. The summed E-state index contributed by atoms with van der Waals surface area (Å²) in [5.74, 6) is -2.01. The van der Waals surface area contributed by atoms with Crippen molar-refractivity contribution in [1.82, 2.24) is 9.88 Å². The Labute approximate surface area is 282 Å². The molecule has 2 aromatic heterocycles. The van der Waals surface area contributed by atoms with E-state index in [0.29, 0.717) is 27.1 Å². The van der Waals surface area contributed by atoms with Gasteiger partial charge in [-0.15, -0.1) is 11.3 Å². The summed E-state index contributed by atoms with van der Waals surface area (Å²) in [4.78, 5) is 49.2. The molecule has 1 aliphatic carbocycles. The number of thiazole rings is 1. The number of carbonyl (C=O) groups is 2. The molecular weight excluding hydrogens is 655 g/mol. The molecule has 4 aromatic rings. The van der Waals surface area contributed by atoms with E-state index >= 15 is 0 Å². The van der Waals surface area contributed by atoms with Crippen LogP contribution in [0, 0.1) is 0 Å². The third-order valence-corrected chi connectivity index (χ3v) is 10.7. The van der Waals surface area contributed by atoms with Crippen LogP contribution in [0.15, 0.2) is 51.7 Å². The second kappa shape index (κ2) is 14.0. The molecule has 11 nitrogen and oxygen atoms in total. The lowest BCUT2D eigenvalue weighted by Gasteiger charge is -2.30. The van der Waals surface area contributed by atoms with E-state index in [1.165, 1.54) is 16.2 Å². The van der Waals surface area contributed by atoms with Gasteiger partial charge in [-0.25, -0.2) is 9.78 Å². The number of aromatic nitrogens is 1. The van der Waals surface area contributed by atoms with Crippen molar-refractivity contribution in [3.63, 3.8) is 0 Å². The van der Waals surface area contributed by atoms with Gasteiger partial charge in [0.2, 0.25) is 0 Å². The van der Waals surface area contributed by atoms with Crippen LogP contribution in [0.5, 0.6) is 0 Å². The molecular formula is C35H37N3O8S2. The average Bonchev–Trinajstić information content (AvgIpc) is 3.49. The highest BCUT2D eigenvalue weighted by atomic mass is 32.2. The molecule has 0 atom stereocenters. The third-order valence-electron chi connectivity index (χ3n) is 8.82. The van der Waals surface area contributed by atoms with Gasteiger partial charge in [-0.05, 0) is 74.8 Å². The Morgan fingerprint density at radius 3 is 2.65 bits per heavy atom. The van der Waals surface area contributed by atoms with E-state index in [2.05, 4.69) is 24.0 Å². The highest BCUT2D eigenvalue weighted by Crippen LogP contribution is 2.43. The molecule has 252 valence electrons. The van der Waals surface area contributed by atoms with Crippen LogP contribution in [0.3, 0.4) is 0 Å². The highest BCUT2D eigenvalue weighted by Gasteiger charge is 2.29. The number of aryl methyl sites for hydroxylation is 2. The lowest BCUT2D eigenvalue weighted by atomic mass is 9.90. The second-order valence-corrected chi connectivity index (χ2v) is 14.6. The normalized spacial score (nSPS) is 14.2. The SMILES string of the molecule is CCN1CCCc2cc3c(-c4ccccc4C(=O)N(CCCC(=O)O)CCCS(=O)(=O)O)c(-c4nc5c(s4)C=CCC5)c(=O)oc3cc21. The zero-order valence-corrected chi connectivity index (χ0v) is 28.2. The lowest BCUT2D eigenvalue weighted by molar-refractivity contribution is -0.137. The molecule has 2 N–H and O–H groups in total. The molecule has 6 rings (SSSR count). The Morgan fingerprint density at radius 2 is 1.90 bits per heavy atom. The van der Waals surface area contributed by atoms with Gasteiger partial charge in [0.25, 0.3) is 16.0 Å². The zero-order chi connectivity index (χ0) is 34.0. The van der Waals surface area contributed by atoms with Crippen LogP contribution in [0.25, 0.3) is 38.7 Å². The summed E-state index contributed by atoms with van der Waals surface area (Å²) >= 11 is 1.40. The van der Waals surface area contributed by atoms with E-state index in [4.69, 9.17) is 9.40 Å². The van der Waals surface area contributed by atoms with Crippen LogP contribution >= 0.6 is 11.3 Å². The molecule has 0 radical (unpaired) electrons. The number of carbonyl (C=O) groups excluding carboxylic acids is 1. The Balaban J connectivity index is 1.55. The number of amides is 1. The van der Waals surface area contributed by atoms with Crippen molar-refractivity contribution < 1.29 is 32.1 Å². The van der Waals surface area contributed by atoms with Crippen molar-refractivity contribution in [3.05, 3.63) is 74.6 Å². The smallest absolute Gasteiger partial charge is 0.347 e. The van der Waals surface area contributed by atoms with Crippen molar-refractivity contribution in [3.8, 4) is 21.7 Å². The minimum Gasteiger partial charge on any atom is -0.481 e. The monoisotopic (exact) mass is 691 g/mol. The highest BCUT2D eigenvalue weighted by molar-refractivity contribution is 7.85. The molecule has 1 amide bonds. The van der Waals surface area contributed by atoms with Crippen molar-refractivity contribution in [2.24, 2.45) is 0 Å². The minimum absolute atomic E-state index is 0.0248. The Bertz CT molecular complexity index is 2080. The maximum Gasteiger partial charge on any atom is 0.347 e. The third kappa shape index (κ3) is 7.08. The van der Waals surface area contributed by atoms with Gasteiger partial charge >= 0.3 is 11.6 Å². The number of anilines is 1. The number of aliphatic carboxylic acids is 1. The molecule has 1 aliphatic heterocycles. The maximum absolute atomic E-state index is 14.3. The molecule has 3 heterocycles. The Morgan fingerprint density at radius 1 is 1.10 bits per heavy atom. The van der Waals surface area contributed by atoms with Crippen LogP contribution in [-0.4, -0.2) is 71.8 Å². The molecule has 0 saturated carbocycles. The van der Waals surface area contributed by atoms with E-state index in [0.717, 1.165) is 60.6 Å². The van der Waals surface area contributed by atoms with Gasteiger partial charge in [-0.2, -0.15) is 8.42 Å². The zero-order valence-electron chi connectivity index (χ0n) is 26.6. The predicted octanol–water partition coefficient (Wildman–Crippen LogP) is 5.90. The fraction of sp³-hybridized carbons (Fsp3) is 0.371. The summed E-state index contributed by atoms with van der Waals surface area (Å²) in [5, 5.41) is 10.4. The summed E-state index contributed by atoms with van der Waals surface area (Å²) in [6.45, 7) is 3.82.